The first-order valence-corrected chi connectivity index (χ1v) is 6.26. The summed E-state index contributed by atoms with van der Waals surface area (Å²) in [4.78, 5) is 21.8. The van der Waals surface area contributed by atoms with E-state index >= 15 is 0 Å². The first-order valence-electron chi connectivity index (χ1n) is 6.26. The lowest BCUT2D eigenvalue weighted by Gasteiger charge is -2.07. The summed E-state index contributed by atoms with van der Waals surface area (Å²) >= 11 is 0. The van der Waals surface area contributed by atoms with Gasteiger partial charge < -0.3 is 14.2 Å². The molecule has 0 spiro atoms. The number of nitrogens with zero attached hydrogens (tertiary/aromatic N) is 1. The number of carbonyl (C=O) groups excluding carboxylic acids is 1. The fourth-order valence-electron chi connectivity index (χ4n) is 1.62. The van der Waals surface area contributed by atoms with Gasteiger partial charge in [0.05, 0.1) is 25.2 Å². The van der Waals surface area contributed by atoms with Crippen molar-refractivity contribution in [2.75, 3.05) is 20.8 Å². The Labute approximate surface area is 122 Å². The normalized spacial score (nSPS) is 10.9. The summed E-state index contributed by atoms with van der Waals surface area (Å²) in [5, 5.41) is 11.0. The van der Waals surface area contributed by atoms with E-state index in [1.165, 1.54) is 26.4 Å². The number of rotatable bonds is 7. The summed E-state index contributed by atoms with van der Waals surface area (Å²) in [5.41, 5.74) is 0.257. The van der Waals surface area contributed by atoms with Crippen LogP contribution in [0.4, 0.5) is 5.69 Å². The van der Waals surface area contributed by atoms with Crippen molar-refractivity contribution in [2.45, 2.75) is 13.3 Å². The SMILES string of the molecule is CCC(=CCOc1ccc(OC)cc1[N+](=O)[O-])C(=O)OC. The molecule has 114 valence electrons. The highest BCUT2D eigenvalue weighted by Crippen LogP contribution is 2.31. The van der Waals surface area contributed by atoms with Crippen LogP contribution in [-0.2, 0) is 9.53 Å². The van der Waals surface area contributed by atoms with E-state index in [0.717, 1.165) is 0 Å². The van der Waals surface area contributed by atoms with Crippen LogP contribution in [0.25, 0.3) is 0 Å². The fraction of sp³-hybridized carbons (Fsp3) is 0.357. The lowest BCUT2D eigenvalue weighted by molar-refractivity contribution is -0.385. The molecule has 0 aliphatic rings. The molecule has 0 aliphatic carbocycles. The summed E-state index contributed by atoms with van der Waals surface area (Å²) in [6.45, 7) is 1.84. The van der Waals surface area contributed by atoms with E-state index in [9.17, 15) is 14.9 Å². The molecule has 0 heterocycles. The van der Waals surface area contributed by atoms with Crippen LogP contribution in [0.5, 0.6) is 11.5 Å². The Morgan fingerprint density at radius 1 is 1.38 bits per heavy atom. The van der Waals surface area contributed by atoms with Crippen molar-refractivity contribution in [3.8, 4) is 11.5 Å². The van der Waals surface area contributed by atoms with Gasteiger partial charge in [0.2, 0.25) is 0 Å². The van der Waals surface area contributed by atoms with Gasteiger partial charge in [-0.1, -0.05) is 6.92 Å². The van der Waals surface area contributed by atoms with E-state index in [1.54, 1.807) is 19.1 Å². The van der Waals surface area contributed by atoms with Gasteiger partial charge in [0.1, 0.15) is 12.4 Å². The van der Waals surface area contributed by atoms with E-state index in [2.05, 4.69) is 4.74 Å². The highest BCUT2D eigenvalue weighted by molar-refractivity contribution is 5.88. The number of carbonyl (C=O) groups is 1. The Hall–Kier alpha value is -2.57. The monoisotopic (exact) mass is 295 g/mol. The number of benzene rings is 1. The number of nitro groups is 1. The zero-order chi connectivity index (χ0) is 15.8. The Kier molecular flexibility index (Phi) is 6.19. The molecule has 0 aliphatic heterocycles. The number of esters is 1. The average molecular weight is 295 g/mol. The summed E-state index contributed by atoms with van der Waals surface area (Å²) in [6, 6.07) is 4.29. The van der Waals surface area contributed by atoms with E-state index in [-0.39, 0.29) is 18.0 Å². The minimum Gasteiger partial charge on any atom is -0.496 e. The molecule has 0 saturated heterocycles. The summed E-state index contributed by atoms with van der Waals surface area (Å²) in [6.07, 6.45) is 2.03. The second kappa shape index (κ2) is 7.88. The first-order chi connectivity index (χ1) is 10.0. The van der Waals surface area contributed by atoms with Crippen LogP contribution >= 0.6 is 0 Å². The molecule has 0 unspecified atom stereocenters. The first kappa shape index (κ1) is 16.5. The zero-order valence-electron chi connectivity index (χ0n) is 12.1. The van der Waals surface area contributed by atoms with Crippen LogP contribution in [-0.4, -0.2) is 31.7 Å². The second-order valence-electron chi connectivity index (χ2n) is 3.98. The molecule has 7 nitrogen and oxygen atoms in total. The molecule has 0 bridgehead atoms. The number of hydrogen-bond donors (Lipinski definition) is 0. The molecular formula is C14H17NO6. The quantitative estimate of drug-likeness (QED) is 0.332. The highest BCUT2D eigenvalue weighted by atomic mass is 16.6. The van der Waals surface area contributed by atoms with Crippen molar-refractivity contribution < 1.29 is 23.9 Å². The fourth-order valence-corrected chi connectivity index (χ4v) is 1.62. The van der Waals surface area contributed by atoms with E-state index in [4.69, 9.17) is 9.47 Å². The lowest BCUT2D eigenvalue weighted by Crippen LogP contribution is -2.06. The third-order valence-electron chi connectivity index (χ3n) is 2.76. The smallest absolute Gasteiger partial charge is 0.333 e. The molecule has 0 amide bonds. The number of hydrogen-bond acceptors (Lipinski definition) is 6. The van der Waals surface area contributed by atoms with Crippen molar-refractivity contribution >= 4 is 11.7 Å². The van der Waals surface area contributed by atoms with E-state index in [1.807, 2.05) is 0 Å². The molecule has 0 saturated carbocycles. The molecule has 0 radical (unpaired) electrons. The minimum absolute atomic E-state index is 0.0332. The molecule has 0 aromatic heterocycles. The zero-order valence-corrected chi connectivity index (χ0v) is 12.1. The third kappa shape index (κ3) is 4.48. The predicted molar refractivity (Wildman–Crippen MR) is 75.5 cm³/mol. The van der Waals surface area contributed by atoms with Gasteiger partial charge in [0.15, 0.2) is 5.75 Å². The van der Waals surface area contributed by atoms with Crippen LogP contribution in [0, 0.1) is 10.1 Å². The van der Waals surface area contributed by atoms with Crippen LogP contribution in [0.2, 0.25) is 0 Å². The molecule has 0 N–H and O–H groups in total. The van der Waals surface area contributed by atoms with Crippen molar-refractivity contribution in [3.63, 3.8) is 0 Å². The van der Waals surface area contributed by atoms with Crippen LogP contribution in [0.15, 0.2) is 29.8 Å². The molecule has 1 aromatic carbocycles. The van der Waals surface area contributed by atoms with Gasteiger partial charge in [-0.05, 0) is 24.6 Å². The number of methoxy groups -OCH3 is 2. The van der Waals surface area contributed by atoms with Gasteiger partial charge in [-0.3, -0.25) is 10.1 Å². The van der Waals surface area contributed by atoms with Crippen molar-refractivity contribution in [1.82, 2.24) is 0 Å². The average Bonchev–Trinajstić information content (AvgIpc) is 2.50. The molecular weight excluding hydrogens is 278 g/mol. The van der Waals surface area contributed by atoms with Crippen LogP contribution in [0.1, 0.15) is 13.3 Å². The number of ether oxygens (including phenoxy) is 3. The summed E-state index contributed by atoms with van der Waals surface area (Å²) in [5.74, 6) is 0.0381. The van der Waals surface area contributed by atoms with E-state index in [0.29, 0.717) is 17.7 Å². The lowest BCUT2D eigenvalue weighted by atomic mass is 10.2. The van der Waals surface area contributed by atoms with Gasteiger partial charge in [-0.2, -0.15) is 0 Å². The van der Waals surface area contributed by atoms with Crippen LogP contribution < -0.4 is 9.47 Å². The maximum absolute atomic E-state index is 11.4. The Morgan fingerprint density at radius 3 is 2.62 bits per heavy atom. The summed E-state index contributed by atoms with van der Waals surface area (Å²) < 4.78 is 14.9. The van der Waals surface area contributed by atoms with Crippen molar-refractivity contribution in [2.24, 2.45) is 0 Å². The van der Waals surface area contributed by atoms with E-state index < -0.39 is 10.9 Å². The van der Waals surface area contributed by atoms with Gasteiger partial charge in [0.25, 0.3) is 0 Å². The topological polar surface area (TPSA) is 87.9 Å². The standard InChI is InChI=1S/C14H17NO6/c1-4-10(14(16)20-3)7-8-21-13-6-5-11(19-2)9-12(13)15(17)18/h5-7,9H,4,8H2,1-3H3. The Balaban J connectivity index is 2.86. The third-order valence-corrected chi connectivity index (χ3v) is 2.76. The molecule has 1 rings (SSSR count). The Bertz CT molecular complexity index is 552. The second-order valence-corrected chi connectivity index (χ2v) is 3.98. The maximum atomic E-state index is 11.4. The van der Waals surface area contributed by atoms with Gasteiger partial charge in [0, 0.05) is 5.57 Å². The minimum atomic E-state index is -0.553. The van der Waals surface area contributed by atoms with Crippen LogP contribution in [0.3, 0.4) is 0 Å². The van der Waals surface area contributed by atoms with Gasteiger partial charge in [-0.25, -0.2) is 4.79 Å². The molecule has 1 aromatic rings. The highest BCUT2D eigenvalue weighted by Gasteiger charge is 2.16. The maximum Gasteiger partial charge on any atom is 0.333 e. The predicted octanol–water partition coefficient (Wildman–Crippen LogP) is 2.49. The van der Waals surface area contributed by atoms with Crippen molar-refractivity contribution in [3.05, 3.63) is 40.0 Å². The molecule has 7 heteroatoms. The van der Waals surface area contributed by atoms with Gasteiger partial charge in [-0.15, -0.1) is 0 Å². The molecule has 0 fully saturated rings. The molecule has 0 atom stereocenters. The van der Waals surface area contributed by atoms with Gasteiger partial charge >= 0.3 is 11.7 Å². The number of nitro benzene ring substituents is 1. The molecule has 21 heavy (non-hydrogen) atoms. The van der Waals surface area contributed by atoms with Crippen molar-refractivity contribution in [1.29, 1.82) is 0 Å². The largest absolute Gasteiger partial charge is 0.496 e. The summed E-state index contributed by atoms with van der Waals surface area (Å²) in [7, 11) is 2.72. The Morgan fingerprint density at radius 2 is 2.10 bits per heavy atom.